The van der Waals surface area contributed by atoms with E-state index in [2.05, 4.69) is 16.1 Å². The van der Waals surface area contributed by atoms with Crippen LogP contribution >= 0.6 is 0 Å². The number of aliphatic hydroxyl groups is 1. The molecule has 9 nitrogen and oxygen atoms in total. The summed E-state index contributed by atoms with van der Waals surface area (Å²) in [6, 6.07) is 26.5. The van der Waals surface area contributed by atoms with E-state index in [1.807, 2.05) is 67.7 Å². The van der Waals surface area contributed by atoms with Gasteiger partial charge in [0.15, 0.2) is 11.3 Å². The first-order valence-electron chi connectivity index (χ1n) is 14.8. The van der Waals surface area contributed by atoms with Gasteiger partial charge in [-0.3, -0.25) is 14.5 Å². The van der Waals surface area contributed by atoms with Crippen LogP contribution in [0, 0.1) is 6.92 Å². The average Bonchev–Trinajstić information content (AvgIpc) is 3.55. The zero-order chi connectivity index (χ0) is 31.1. The Labute approximate surface area is 258 Å². The van der Waals surface area contributed by atoms with Gasteiger partial charge in [-0.2, -0.15) is 9.61 Å². The first kappa shape index (κ1) is 27.2. The predicted octanol–water partition coefficient (Wildman–Crippen LogP) is 5.96. The number of benzene rings is 3. The fourth-order valence-corrected chi connectivity index (χ4v) is 7.10. The number of imide groups is 1. The highest BCUT2D eigenvalue weighted by Gasteiger charge is 2.60. The maximum Gasteiger partial charge on any atom is 0.262 e. The van der Waals surface area contributed by atoms with Gasteiger partial charge in [0.05, 0.1) is 40.8 Å². The van der Waals surface area contributed by atoms with Crippen LogP contribution in [0.3, 0.4) is 0 Å². The summed E-state index contributed by atoms with van der Waals surface area (Å²) in [4.78, 5) is 38.3. The lowest BCUT2D eigenvalue weighted by atomic mass is 9.61. The Balaban J connectivity index is 1.28. The Morgan fingerprint density at radius 2 is 1.56 bits per heavy atom. The van der Waals surface area contributed by atoms with Crippen molar-refractivity contribution in [1.82, 2.24) is 24.5 Å². The molecular weight excluding hydrogens is 566 g/mol. The third-order valence-electron chi connectivity index (χ3n) is 9.03. The first-order chi connectivity index (χ1) is 21.7. The van der Waals surface area contributed by atoms with Crippen molar-refractivity contribution in [3.63, 3.8) is 0 Å². The third-order valence-corrected chi connectivity index (χ3v) is 9.03. The van der Waals surface area contributed by atoms with E-state index in [1.165, 1.54) is 4.90 Å². The SMILES string of the molecule is COc1cccc(-c2cc3cnc4cc(C)nn4c3nc2-c2ccc([C@]3(N4C(=O)c5ccccc5C4=O)C[C@](C)(O)C3)cc2)c1. The molecule has 0 bridgehead atoms. The number of hydrogen-bond acceptors (Lipinski definition) is 7. The molecule has 0 spiro atoms. The van der Waals surface area contributed by atoms with Crippen LogP contribution in [0.1, 0.15) is 51.7 Å². The molecular formula is C36H29N5O4. The second kappa shape index (κ2) is 9.54. The molecule has 1 N–H and O–H groups in total. The monoisotopic (exact) mass is 595 g/mol. The lowest BCUT2D eigenvalue weighted by Gasteiger charge is -2.55. The minimum atomic E-state index is -1.01. The molecule has 1 fully saturated rings. The molecule has 1 saturated carbocycles. The molecule has 222 valence electrons. The Hall–Kier alpha value is -5.41. The van der Waals surface area contributed by atoms with Crippen molar-refractivity contribution in [3.05, 3.63) is 114 Å². The molecule has 2 amide bonds. The molecule has 3 aromatic carbocycles. The maximum atomic E-state index is 13.6. The van der Waals surface area contributed by atoms with E-state index in [4.69, 9.17) is 9.72 Å². The number of amides is 2. The number of aryl methyl sites for hydroxylation is 1. The molecule has 0 unspecified atom stereocenters. The van der Waals surface area contributed by atoms with Crippen LogP contribution < -0.4 is 4.74 Å². The van der Waals surface area contributed by atoms with Crippen molar-refractivity contribution < 1.29 is 19.4 Å². The standard InChI is InChI=1S/C36H29N5O4/c1-21-15-30-37-18-24-17-29(23-7-6-8-26(16-23)45-3)31(38-32(24)41(30)39-21)22-11-13-25(14-12-22)36(19-35(2,44)20-36)40-33(42)27-9-4-5-10-28(27)34(40)43/h4-18,44H,19-20H2,1-3H3/t35-,36-. The number of carbonyl (C=O) groups is 2. The largest absolute Gasteiger partial charge is 0.497 e. The zero-order valence-corrected chi connectivity index (χ0v) is 25.0. The van der Waals surface area contributed by atoms with E-state index in [1.54, 1.807) is 42.8 Å². The number of methoxy groups -OCH3 is 1. The number of hydrogen-bond donors (Lipinski definition) is 1. The molecule has 0 saturated heterocycles. The van der Waals surface area contributed by atoms with Crippen molar-refractivity contribution in [2.45, 2.75) is 37.8 Å². The maximum absolute atomic E-state index is 13.6. The molecule has 45 heavy (non-hydrogen) atoms. The van der Waals surface area contributed by atoms with Crippen molar-refractivity contribution in [2.24, 2.45) is 0 Å². The molecule has 1 aliphatic heterocycles. The smallest absolute Gasteiger partial charge is 0.262 e. The quantitative estimate of drug-likeness (QED) is 0.245. The van der Waals surface area contributed by atoms with Crippen LogP contribution in [0.5, 0.6) is 5.75 Å². The molecule has 0 atom stereocenters. The van der Waals surface area contributed by atoms with Crippen molar-refractivity contribution in [3.8, 4) is 28.1 Å². The first-order valence-corrected chi connectivity index (χ1v) is 14.8. The highest BCUT2D eigenvalue weighted by atomic mass is 16.5. The second-order valence-corrected chi connectivity index (χ2v) is 12.3. The summed E-state index contributed by atoms with van der Waals surface area (Å²) in [7, 11) is 1.64. The van der Waals surface area contributed by atoms with Gasteiger partial charge in [0.2, 0.25) is 0 Å². The summed E-state index contributed by atoms with van der Waals surface area (Å²) in [5.74, 6) is 0.0581. The van der Waals surface area contributed by atoms with Gasteiger partial charge in [0.25, 0.3) is 11.8 Å². The molecule has 9 heteroatoms. The van der Waals surface area contributed by atoms with E-state index in [-0.39, 0.29) is 24.7 Å². The van der Waals surface area contributed by atoms with Gasteiger partial charge < -0.3 is 9.84 Å². The van der Waals surface area contributed by atoms with Crippen LogP contribution in [0.4, 0.5) is 0 Å². The van der Waals surface area contributed by atoms with Gasteiger partial charge in [-0.15, -0.1) is 0 Å². The Morgan fingerprint density at radius 3 is 2.22 bits per heavy atom. The lowest BCUT2D eigenvalue weighted by molar-refractivity contribution is -0.118. The number of aromatic nitrogens is 4. The van der Waals surface area contributed by atoms with E-state index < -0.39 is 11.1 Å². The molecule has 3 aromatic heterocycles. The van der Waals surface area contributed by atoms with Gasteiger partial charge in [-0.05, 0) is 55.3 Å². The number of ether oxygens (including phenoxy) is 1. The van der Waals surface area contributed by atoms with E-state index in [0.717, 1.165) is 44.8 Å². The summed E-state index contributed by atoms with van der Waals surface area (Å²) in [6.45, 7) is 3.66. The van der Waals surface area contributed by atoms with Crippen LogP contribution in [0.25, 0.3) is 39.1 Å². The third kappa shape index (κ3) is 4.08. The zero-order valence-electron chi connectivity index (χ0n) is 25.0. The van der Waals surface area contributed by atoms with Crippen molar-refractivity contribution in [1.29, 1.82) is 0 Å². The average molecular weight is 596 g/mol. The molecule has 8 rings (SSSR count). The van der Waals surface area contributed by atoms with Gasteiger partial charge in [0.1, 0.15) is 5.75 Å². The molecule has 4 heterocycles. The normalized spacial score (nSPS) is 20.9. The number of nitrogens with zero attached hydrogens (tertiary/aromatic N) is 5. The predicted molar refractivity (Wildman–Crippen MR) is 169 cm³/mol. The Morgan fingerprint density at radius 1 is 0.844 bits per heavy atom. The van der Waals surface area contributed by atoms with Gasteiger partial charge in [-0.25, -0.2) is 9.97 Å². The van der Waals surface area contributed by atoms with E-state index in [9.17, 15) is 14.7 Å². The minimum Gasteiger partial charge on any atom is -0.497 e. The van der Waals surface area contributed by atoms with E-state index in [0.29, 0.717) is 22.4 Å². The molecule has 1 aliphatic carbocycles. The van der Waals surface area contributed by atoms with Gasteiger partial charge in [-0.1, -0.05) is 48.5 Å². The highest BCUT2D eigenvalue weighted by molar-refractivity contribution is 6.22. The summed E-state index contributed by atoms with van der Waals surface area (Å²) >= 11 is 0. The van der Waals surface area contributed by atoms with Crippen LogP contribution in [0.15, 0.2) is 91.1 Å². The van der Waals surface area contributed by atoms with Crippen molar-refractivity contribution in [2.75, 3.05) is 7.11 Å². The second-order valence-electron chi connectivity index (χ2n) is 12.3. The van der Waals surface area contributed by atoms with Gasteiger partial charge >= 0.3 is 0 Å². The lowest BCUT2D eigenvalue weighted by Crippen LogP contribution is -2.63. The molecule has 2 aliphatic rings. The fraction of sp³-hybridized carbons (Fsp3) is 0.194. The number of rotatable bonds is 5. The summed E-state index contributed by atoms with van der Waals surface area (Å²) in [6.07, 6.45) is 2.30. The van der Waals surface area contributed by atoms with Crippen LogP contribution in [-0.2, 0) is 5.54 Å². The number of pyridine rings is 1. The molecule has 6 aromatic rings. The molecule has 0 radical (unpaired) electrons. The van der Waals surface area contributed by atoms with Gasteiger partial charge in [0, 0.05) is 41.6 Å². The van der Waals surface area contributed by atoms with Crippen LogP contribution in [0.2, 0.25) is 0 Å². The summed E-state index contributed by atoms with van der Waals surface area (Å²) in [5, 5.41) is 16.4. The van der Waals surface area contributed by atoms with E-state index >= 15 is 0 Å². The summed E-state index contributed by atoms with van der Waals surface area (Å²) < 4.78 is 7.28. The Kier molecular flexibility index (Phi) is 5.76. The minimum absolute atomic E-state index is 0.248. The summed E-state index contributed by atoms with van der Waals surface area (Å²) in [5.41, 5.74) is 5.22. The van der Waals surface area contributed by atoms with Crippen LogP contribution in [-0.4, -0.2) is 54.1 Å². The topological polar surface area (TPSA) is 110 Å². The number of fused-ring (bicyclic) bond motifs is 4. The number of carbonyl (C=O) groups excluding carboxylic acids is 2. The highest BCUT2D eigenvalue weighted by Crippen LogP contribution is 2.54. The van der Waals surface area contributed by atoms with Crippen molar-refractivity contribution >= 4 is 28.5 Å². The fourth-order valence-electron chi connectivity index (χ4n) is 7.10. The Bertz CT molecular complexity index is 2160.